The van der Waals surface area contributed by atoms with Crippen LogP contribution in [0.2, 0.25) is 0 Å². The zero-order valence-corrected chi connectivity index (χ0v) is 13.6. The van der Waals surface area contributed by atoms with Crippen LogP contribution in [-0.2, 0) is 11.3 Å². The van der Waals surface area contributed by atoms with Crippen LogP contribution >= 0.6 is 0 Å². The molecule has 0 spiro atoms. The minimum Gasteiger partial charge on any atom is -0.466 e. The quantitative estimate of drug-likeness (QED) is 0.891. The summed E-state index contributed by atoms with van der Waals surface area (Å²) in [5.41, 5.74) is 1.45. The monoisotopic (exact) mass is 343 g/mol. The van der Waals surface area contributed by atoms with Gasteiger partial charge in [-0.2, -0.15) is 13.2 Å². The summed E-state index contributed by atoms with van der Waals surface area (Å²) in [6.45, 7) is 5.24. The number of nitrogens with one attached hydrogen (secondary N) is 1. The van der Waals surface area contributed by atoms with Crippen molar-refractivity contribution in [2.75, 3.05) is 24.7 Å². The van der Waals surface area contributed by atoms with Crippen LogP contribution in [0.1, 0.15) is 19.4 Å². The number of urea groups is 1. The molecule has 2 rings (SSSR count). The van der Waals surface area contributed by atoms with E-state index in [0.717, 1.165) is 11.8 Å². The van der Waals surface area contributed by atoms with E-state index >= 15 is 0 Å². The molecule has 1 aliphatic rings. The second-order valence-electron chi connectivity index (χ2n) is 5.23. The van der Waals surface area contributed by atoms with Crippen molar-refractivity contribution in [3.63, 3.8) is 0 Å². The van der Waals surface area contributed by atoms with Crippen LogP contribution in [-0.4, -0.2) is 36.9 Å². The fourth-order valence-corrected chi connectivity index (χ4v) is 2.26. The summed E-state index contributed by atoms with van der Waals surface area (Å²) in [6.07, 6.45) is -3.54. The van der Waals surface area contributed by atoms with Gasteiger partial charge in [-0.1, -0.05) is 12.1 Å². The van der Waals surface area contributed by atoms with Crippen LogP contribution in [0.4, 0.5) is 23.7 Å². The van der Waals surface area contributed by atoms with E-state index in [0.29, 0.717) is 25.3 Å². The maximum Gasteiger partial charge on any atom is 0.450 e. The van der Waals surface area contributed by atoms with E-state index in [9.17, 15) is 18.0 Å². The molecule has 0 radical (unpaired) electrons. The van der Waals surface area contributed by atoms with Crippen LogP contribution in [0.5, 0.6) is 0 Å². The van der Waals surface area contributed by atoms with Gasteiger partial charge < -0.3 is 19.9 Å². The van der Waals surface area contributed by atoms with Crippen molar-refractivity contribution in [3.05, 3.63) is 41.8 Å². The molecular weight excluding hydrogens is 323 g/mol. The Morgan fingerprint density at radius 2 is 1.88 bits per heavy atom. The Bertz CT molecular complexity index is 596. The maximum absolute atomic E-state index is 12.5. The van der Waals surface area contributed by atoms with Gasteiger partial charge in [-0.15, -0.1) is 0 Å². The van der Waals surface area contributed by atoms with Gasteiger partial charge in [0, 0.05) is 25.3 Å². The minimum absolute atomic E-state index is 0.144. The van der Waals surface area contributed by atoms with Crippen LogP contribution in [0.25, 0.3) is 0 Å². The summed E-state index contributed by atoms with van der Waals surface area (Å²) in [7, 11) is 0. The number of alkyl halides is 3. The molecular formula is C16H20F3N3O2. The van der Waals surface area contributed by atoms with Gasteiger partial charge >= 0.3 is 12.2 Å². The van der Waals surface area contributed by atoms with E-state index in [1.165, 1.54) is 4.90 Å². The van der Waals surface area contributed by atoms with Crippen molar-refractivity contribution in [3.8, 4) is 0 Å². The number of allylic oxidation sites excluding steroid dienone is 1. The molecule has 2 amide bonds. The third kappa shape index (κ3) is 4.33. The van der Waals surface area contributed by atoms with Crippen LogP contribution in [0.15, 0.2) is 36.2 Å². The number of hydrogen-bond donors (Lipinski definition) is 1. The molecule has 1 aromatic carbocycles. The molecule has 0 aromatic heterocycles. The Morgan fingerprint density at radius 1 is 1.25 bits per heavy atom. The number of nitrogens with zero attached hydrogens (tertiary/aromatic N) is 2. The summed E-state index contributed by atoms with van der Waals surface area (Å²) in [6, 6.07) is 6.76. The second-order valence-corrected chi connectivity index (χ2v) is 5.23. The molecule has 0 saturated carbocycles. The first-order valence-electron chi connectivity index (χ1n) is 7.65. The third-order valence-electron chi connectivity index (χ3n) is 3.67. The molecule has 0 unspecified atom stereocenters. The number of rotatable bonds is 5. The summed E-state index contributed by atoms with van der Waals surface area (Å²) in [5.74, 6) is -1.00. The first-order chi connectivity index (χ1) is 11.3. The Balaban J connectivity index is 1.94. The third-order valence-corrected chi connectivity index (χ3v) is 3.67. The highest BCUT2D eigenvalue weighted by Crippen LogP contribution is 2.32. The van der Waals surface area contributed by atoms with E-state index < -0.39 is 11.9 Å². The van der Waals surface area contributed by atoms with Gasteiger partial charge in [0.15, 0.2) is 6.73 Å². The largest absolute Gasteiger partial charge is 0.466 e. The van der Waals surface area contributed by atoms with Crippen molar-refractivity contribution in [2.45, 2.75) is 26.6 Å². The first-order valence-corrected chi connectivity index (χ1v) is 7.65. The highest BCUT2D eigenvalue weighted by molar-refractivity contribution is 5.74. The molecule has 1 N–H and O–H groups in total. The molecule has 8 heteroatoms. The average Bonchev–Trinajstić information content (AvgIpc) is 3.05. The van der Waals surface area contributed by atoms with Gasteiger partial charge in [0.2, 0.25) is 5.76 Å². The van der Waals surface area contributed by atoms with Gasteiger partial charge in [0.1, 0.15) is 0 Å². The van der Waals surface area contributed by atoms with Crippen LogP contribution < -0.4 is 10.2 Å². The molecule has 1 heterocycles. The Kier molecular flexibility index (Phi) is 5.58. The Morgan fingerprint density at radius 3 is 2.38 bits per heavy atom. The van der Waals surface area contributed by atoms with Crippen molar-refractivity contribution in [2.24, 2.45) is 0 Å². The minimum atomic E-state index is -4.48. The standard InChI is InChI=1S/C16H20F3N3O2/c1-3-21(4-2)15(23)20-9-12-5-7-13(8-6-12)22-10-14(24-11-22)16(17,18)19/h5-8,10H,3-4,9,11H2,1-2H3,(H,20,23). The number of ether oxygens (including phenoxy) is 1. The van der Waals surface area contributed by atoms with Crippen molar-refractivity contribution in [1.82, 2.24) is 10.2 Å². The Hall–Kier alpha value is -2.38. The molecule has 5 nitrogen and oxygen atoms in total. The highest BCUT2D eigenvalue weighted by atomic mass is 19.4. The van der Waals surface area contributed by atoms with Gasteiger partial charge in [-0.05, 0) is 31.5 Å². The zero-order valence-electron chi connectivity index (χ0n) is 13.6. The maximum atomic E-state index is 12.5. The number of benzene rings is 1. The number of carbonyl (C=O) groups is 1. The number of amides is 2. The molecule has 132 valence electrons. The van der Waals surface area contributed by atoms with Gasteiger partial charge in [-0.3, -0.25) is 0 Å². The summed E-state index contributed by atoms with van der Waals surface area (Å²) < 4.78 is 42.3. The summed E-state index contributed by atoms with van der Waals surface area (Å²) in [5, 5.41) is 2.80. The van der Waals surface area contributed by atoms with Crippen LogP contribution in [0.3, 0.4) is 0 Å². The van der Waals surface area contributed by atoms with E-state index in [1.54, 1.807) is 29.2 Å². The fourth-order valence-electron chi connectivity index (χ4n) is 2.26. The number of anilines is 1. The molecule has 1 aliphatic heterocycles. The highest BCUT2D eigenvalue weighted by Gasteiger charge is 2.39. The molecule has 0 atom stereocenters. The van der Waals surface area contributed by atoms with E-state index in [1.807, 2.05) is 13.8 Å². The molecule has 0 fully saturated rings. The number of halogens is 3. The predicted molar refractivity (Wildman–Crippen MR) is 84.2 cm³/mol. The van der Waals surface area contributed by atoms with Gasteiger partial charge in [0.05, 0.1) is 6.20 Å². The van der Waals surface area contributed by atoms with Crippen molar-refractivity contribution >= 4 is 11.7 Å². The lowest BCUT2D eigenvalue weighted by Crippen LogP contribution is -2.39. The smallest absolute Gasteiger partial charge is 0.450 e. The molecule has 24 heavy (non-hydrogen) atoms. The summed E-state index contributed by atoms with van der Waals surface area (Å²) >= 11 is 0. The van der Waals surface area contributed by atoms with Gasteiger partial charge in [0.25, 0.3) is 0 Å². The number of hydrogen-bond acceptors (Lipinski definition) is 3. The predicted octanol–water partition coefficient (Wildman–Crippen LogP) is 3.44. The average molecular weight is 343 g/mol. The van der Waals surface area contributed by atoms with Crippen LogP contribution in [0, 0.1) is 0 Å². The van der Waals surface area contributed by atoms with E-state index in [-0.39, 0.29) is 12.8 Å². The zero-order chi connectivity index (χ0) is 17.7. The van der Waals surface area contributed by atoms with Crippen molar-refractivity contribution < 1.29 is 22.7 Å². The number of carbonyl (C=O) groups excluding carboxylic acids is 1. The fraction of sp³-hybridized carbons (Fsp3) is 0.438. The molecule has 0 saturated heterocycles. The van der Waals surface area contributed by atoms with Crippen molar-refractivity contribution in [1.29, 1.82) is 0 Å². The summed E-state index contributed by atoms with van der Waals surface area (Å²) in [4.78, 5) is 14.9. The lowest BCUT2D eigenvalue weighted by atomic mass is 10.2. The molecule has 0 bridgehead atoms. The topological polar surface area (TPSA) is 44.8 Å². The lowest BCUT2D eigenvalue weighted by molar-refractivity contribution is -0.126. The Labute approximate surface area is 138 Å². The molecule has 1 aromatic rings. The normalized spacial score (nSPS) is 14.2. The SMILES string of the molecule is CCN(CC)C(=O)NCc1ccc(N2C=C(C(F)(F)F)OC2)cc1. The molecule has 0 aliphatic carbocycles. The lowest BCUT2D eigenvalue weighted by Gasteiger charge is -2.19. The van der Waals surface area contributed by atoms with Gasteiger partial charge in [-0.25, -0.2) is 4.79 Å². The second kappa shape index (κ2) is 7.46. The first kappa shape index (κ1) is 18.0. The van der Waals surface area contributed by atoms with E-state index in [4.69, 9.17) is 0 Å². The van der Waals surface area contributed by atoms with E-state index in [2.05, 4.69) is 10.1 Å².